The van der Waals surface area contributed by atoms with Crippen LogP contribution < -0.4 is 0 Å². The monoisotopic (exact) mass is 454 g/mol. The third-order valence-electron chi connectivity index (χ3n) is 9.73. The van der Waals surface area contributed by atoms with Gasteiger partial charge in [0.1, 0.15) is 18.5 Å². The Balaban J connectivity index is 1.52. The van der Waals surface area contributed by atoms with E-state index in [1.165, 1.54) is 0 Å². The molecule has 7 heteroatoms. The predicted molar refractivity (Wildman–Crippen MR) is 115 cm³/mol. The summed E-state index contributed by atoms with van der Waals surface area (Å²) in [5.41, 5.74) is -0.738. The number of ether oxygens (including phenoxy) is 3. The number of ketones is 1. The highest BCUT2D eigenvalue weighted by Gasteiger charge is 2.75. The zero-order valence-electron chi connectivity index (χ0n) is 19.5. The van der Waals surface area contributed by atoms with E-state index in [4.69, 9.17) is 18.6 Å². The third kappa shape index (κ3) is 2.47. The molecule has 0 radical (unpaired) electrons. The summed E-state index contributed by atoms with van der Waals surface area (Å²) in [6.45, 7) is 8.40. The molecular formula is C26H30O7. The topological polar surface area (TPSA) is 92.0 Å². The van der Waals surface area contributed by atoms with Crippen molar-refractivity contribution in [2.24, 2.45) is 28.1 Å². The van der Waals surface area contributed by atoms with Crippen LogP contribution in [0, 0.1) is 28.1 Å². The number of Topliss-reactive ketones (excluding diaryl/α,β-unsaturated/α-hetero) is 1. The van der Waals surface area contributed by atoms with Crippen LogP contribution in [0.4, 0.5) is 0 Å². The van der Waals surface area contributed by atoms with Gasteiger partial charge in [-0.3, -0.25) is 9.59 Å². The molecule has 4 fully saturated rings. The highest BCUT2D eigenvalue weighted by molar-refractivity contribution is 5.94. The van der Waals surface area contributed by atoms with Crippen LogP contribution in [0.2, 0.25) is 0 Å². The Morgan fingerprint density at radius 1 is 1.03 bits per heavy atom. The summed E-state index contributed by atoms with van der Waals surface area (Å²) in [6.07, 6.45) is 5.99. The molecule has 2 saturated carbocycles. The van der Waals surface area contributed by atoms with Gasteiger partial charge in [-0.1, -0.05) is 6.92 Å². The molecule has 33 heavy (non-hydrogen) atoms. The number of hydrogen-bond donors (Lipinski definition) is 0. The van der Waals surface area contributed by atoms with Gasteiger partial charge in [0.25, 0.3) is 0 Å². The van der Waals surface area contributed by atoms with Crippen molar-refractivity contribution in [1.82, 2.24) is 0 Å². The normalized spacial score (nSPS) is 45.7. The first-order valence-electron chi connectivity index (χ1n) is 11.9. The third-order valence-corrected chi connectivity index (χ3v) is 9.73. The molecule has 7 atom stereocenters. The van der Waals surface area contributed by atoms with Crippen LogP contribution in [0.15, 0.2) is 34.7 Å². The molecule has 1 spiro atoms. The Hall–Kier alpha value is -2.41. The number of rotatable bonds is 1. The van der Waals surface area contributed by atoms with Crippen molar-refractivity contribution in [2.75, 3.05) is 6.61 Å². The minimum Gasteiger partial charge on any atom is -0.472 e. The zero-order valence-corrected chi connectivity index (χ0v) is 19.5. The standard InChI is InChI=1S/C26H30O7/c1-23(2)16-9-18(27)25(4)15(26(16)13-31-20(28)11-19(26)33-23)5-7-24(3)17(25)10-21(29)32-22(24)14-6-8-30-12-14/h6,8,10,12,15-16,19,22H,5,7,9,11,13H2,1-4H3/t15-,16-,19-,22-,24+,25+,26+/m0/s1. The molecular weight excluding hydrogens is 424 g/mol. The Labute approximate surface area is 192 Å². The van der Waals surface area contributed by atoms with Gasteiger partial charge in [0.05, 0.1) is 36.1 Å². The number of furan rings is 1. The first kappa shape index (κ1) is 21.1. The first-order chi connectivity index (χ1) is 15.5. The van der Waals surface area contributed by atoms with Crippen LogP contribution in [0.3, 0.4) is 0 Å². The van der Waals surface area contributed by atoms with Crippen LogP contribution in [0.5, 0.6) is 0 Å². The maximum Gasteiger partial charge on any atom is 0.331 e. The van der Waals surface area contributed by atoms with Gasteiger partial charge in [0.2, 0.25) is 0 Å². The van der Waals surface area contributed by atoms with Gasteiger partial charge in [0, 0.05) is 34.8 Å². The van der Waals surface area contributed by atoms with Crippen LogP contribution in [0.1, 0.15) is 65.0 Å². The summed E-state index contributed by atoms with van der Waals surface area (Å²) in [5.74, 6) is -0.681. The van der Waals surface area contributed by atoms with Gasteiger partial charge < -0.3 is 18.6 Å². The lowest BCUT2D eigenvalue weighted by atomic mass is 9.39. The van der Waals surface area contributed by atoms with Crippen molar-refractivity contribution >= 4 is 17.7 Å². The molecule has 7 nitrogen and oxygen atoms in total. The number of carbonyl (C=O) groups excluding carboxylic acids is 3. The summed E-state index contributed by atoms with van der Waals surface area (Å²) in [5, 5.41) is 0. The molecule has 6 rings (SSSR count). The fraction of sp³-hybridized carbons (Fsp3) is 0.654. The van der Waals surface area contributed by atoms with E-state index in [1.54, 1.807) is 18.6 Å². The Bertz CT molecular complexity index is 1080. The molecule has 176 valence electrons. The molecule has 2 aliphatic carbocycles. The van der Waals surface area contributed by atoms with Crippen LogP contribution in [-0.4, -0.2) is 36.0 Å². The first-order valence-corrected chi connectivity index (χ1v) is 11.9. The Kier molecular flexibility index (Phi) is 4.09. The number of hydrogen-bond acceptors (Lipinski definition) is 7. The molecule has 1 aromatic rings. The average molecular weight is 455 g/mol. The van der Waals surface area contributed by atoms with E-state index in [9.17, 15) is 14.4 Å². The maximum atomic E-state index is 14.0. The van der Waals surface area contributed by atoms with Gasteiger partial charge in [-0.2, -0.15) is 0 Å². The van der Waals surface area contributed by atoms with Crippen molar-refractivity contribution in [1.29, 1.82) is 0 Å². The molecule has 2 saturated heterocycles. The van der Waals surface area contributed by atoms with E-state index in [0.717, 1.165) is 24.0 Å². The fourth-order valence-electron chi connectivity index (χ4n) is 8.32. The van der Waals surface area contributed by atoms with E-state index in [2.05, 4.69) is 6.92 Å². The number of cyclic esters (lactones) is 2. The van der Waals surface area contributed by atoms with Gasteiger partial charge in [0.15, 0.2) is 0 Å². The lowest BCUT2D eigenvalue weighted by Crippen LogP contribution is -2.66. The molecule has 3 aliphatic heterocycles. The number of fused-ring (bicyclic) bond motifs is 3. The summed E-state index contributed by atoms with van der Waals surface area (Å²) in [4.78, 5) is 39.1. The second-order valence-electron chi connectivity index (χ2n) is 11.5. The Morgan fingerprint density at radius 3 is 2.55 bits per heavy atom. The number of esters is 2. The van der Waals surface area contributed by atoms with E-state index < -0.39 is 33.9 Å². The van der Waals surface area contributed by atoms with Crippen molar-refractivity contribution in [3.63, 3.8) is 0 Å². The van der Waals surface area contributed by atoms with Crippen LogP contribution in [-0.2, 0) is 28.6 Å². The highest BCUT2D eigenvalue weighted by atomic mass is 16.6. The minimum absolute atomic E-state index is 0.0427. The average Bonchev–Trinajstić information content (AvgIpc) is 3.34. The van der Waals surface area contributed by atoms with Crippen LogP contribution in [0.25, 0.3) is 0 Å². The zero-order chi connectivity index (χ0) is 23.4. The summed E-state index contributed by atoms with van der Waals surface area (Å²) in [7, 11) is 0. The maximum absolute atomic E-state index is 14.0. The van der Waals surface area contributed by atoms with Crippen LogP contribution >= 0.6 is 0 Å². The summed E-state index contributed by atoms with van der Waals surface area (Å²) in [6, 6.07) is 1.82. The van der Waals surface area contributed by atoms with Crippen molar-refractivity contribution in [3.8, 4) is 0 Å². The number of carbonyl (C=O) groups is 3. The molecule has 0 N–H and O–H groups in total. The Morgan fingerprint density at radius 2 is 1.82 bits per heavy atom. The molecule has 0 amide bonds. The molecule has 0 aromatic carbocycles. The minimum atomic E-state index is -0.864. The smallest absolute Gasteiger partial charge is 0.331 e. The van der Waals surface area contributed by atoms with Crippen molar-refractivity contribution in [2.45, 2.75) is 71.2 Å². The molecule has 4 heterocycles. The van der Waals surface area contributed by atoms with Gasteiger partial charge in [-0.25, -0.2) is 4.79 Å². The van der Waals surface area contributed by atoms with Gasteiger partial charge in [-0.05, 0) is 51.2 Å². The SMILES string of the molecule is CC1(C)O[C@H]2CC(=O)OC[C@@]23[C@H]1CC(=O)[C@@]1(C)C2=CC(=O)O[C@@H](c4ccoc4)[C@]2(C)CC[C@@H]13. The fourth-order valence-corrected chi connectivity index (χ4v) is 8.32. The second kappa shape index (κ2) is 6.38. The largest absolute Gasteiger partial charge is 0.472 e. The lowest BCUT2D eigenvalue weighted by molar-refractivity contribution is -0.191. The van der Waals surface area contributed by atoms with Gasteiger partial charge in [-0.15, -0.1) is 0 Å². The van der Waals surface area contributed by atoms with E-state index in [1.807, 2.05) is 26.8 Å². The van der Waals surface area contributed by atoms with E-state index in [-0.39, 0.29) is 42.7 Å². The molecule has 0 bridgehead atoms. The lowest BCUT2D eigenvalue weighted by Gasteiger charge is -2.63. The summed E-state index contributed by atoms with van der Waals surface area (Å²) < 4.78 is 23.3. The van der Waals surface area contributed by atoms with Crippen molar-refractivity contribution < 1.29 is 33.0 Å². The summed E-state index contributed by atoms with van der Waals surface area (Å²) >= 11 is 0. The molecule has 5 aliphatic rings. The van der Waals surface area contributed by atoms with E-state index >= 15 is 0 Å². The van der Waals surface area contributed by atoms with Crippen molar-refractivity contribution in [3.05, 3.63) is 35.8 Å². The predicted octanol–water partition coefficient (Wildman–Crippen LogP) is 3.93. The second-order valence-corrected chi connectivity index (χ2v) is 11.5. The molecule has 0 unspecified atom stereocenters. The van der Waals surface area contributed by atoms with Gasteiger partial charge >= 0.3 is 11.9 Å². The molecule has 1 aromatic heterocycles. The van der Waals surface area contributed by atoms with E-state index in [0.29, 0.717) is 6.42 Å². The quantitative estimate of drug-likeness (QED) is 0.594. The highest BCUT2D eigenvalue weighted by Crippen LogP contribution is 2.72.